The lowest BCUT2D eigenvalue weighted by Crippen LogP contribution is -2.17. The highest BCUT2D eigenvalue weighted by atomic mass is 32.1. The number of carbonyl (C=O) groups is 1. The lowest BCUT2D eigenvalue weighted by molar-refractivity contribution is -0.143. The number of rotatable bonds is 4. The summed E-state index contributed by atoms with van der Waals surface area (Å²) in [7, 11) is 0. The second kappa shape index (κ2) is 5.14. The summed E-state index contributed by atoms with van der Waals surface area (Å²) < 4.78 is 7.53. The Balaban J connectivity index is 2.11. The third-order valence-electron chi connectivity index (χ3n) is 2.40. The van der Waals surface area contributed by atoms with Gasteiger partial charge in [0.15, 0.2) is 0 Å². The largest absolute Gasteiger partial charge is 0.464 e. The van der Waals surface area contributed by atoms with Crippen molar-refractivity contribution in [3.05, 3.63) is 34.6 Å². The molecule has 4 nitrogen and oxygen atoms in total. The molecule has 0 fully saturated rings. The summed E-state index contributed by atoms with van der Waals surface area (Å²) in [5, 5.41) is 0.722. The van der Waals surface area contributed by atoms with Crippen LogP contribution in [-0.4, -0.2) is 16.5 Å². The van der Waals surface area contributed by atoms with Crippen LogP contribution in [0.15, 0.2) is 29.1 Å². The number of esters is 1. The molecule has 0 aliphatic heterocycles. The van der Waals surface area contributed by atoms with Crippen molar-refractivity contribution in [3.8, 4) is 0 Å². The predicted molar refractivity (Wildman–Crippen MR) is 67.3 cm³/mol. The van der Waals surface area contributed by atoms with E-state index < -0.39 is 0 Å². The number of ether oxygens (including phenoxy) is 1. The molecule has 0 saturated carbocycles. The summed E-state index contributed by atoms with van der Waals surface area (Å²) in [5.41, 5.74) is -0.0156. The maximum Gasteiger partial charge on any atom is 0.305 e. The van der Waals surface area contributed by atoms with E-state index in [1.807, 2.05) is 24.3 Å². The van der Waals surface area contributed by atoms with E-state index in [-0.39, 0.29) is 18.1 Å². The van der Waals surface area contributed by atoms with Crippen LogP contribution in [0.25, 0.3) is 10.1 Å². The van der Waals surface area contributed by atoms with Crippen molar-refractivity contribution in [3.63, 3.8) is 0 Å². The van der Waals surface area contributed by atoms with Crippen molar-refractivity contribution in [2.24, 2.45) is 0 Å². The fraction of sp³-hybridized carbons (Fsp3) is 0.333. The molecule has 5 heteroatoms. The normalized spacial score (nSPS) is 10.6. The first kappa shape index (κ1) is 11.9. The molecule has 0 atom stereocenters. The number of fused-ring (bicyclic) bond motifs is 1. The molecule has 0 amide bonds. The SMILES string of the molecule is CCC(=O)OCCn1sc2ccccc2c1=O. The Kier molecular flexibility index (Phi) is 3.58. The zero-order chi connectivity index (χ0) is 12.3. The summed E-state index contributed by atoms with van der Waals surface area (Å²) in [6.45, 7) is 2.41. The van der Waals surface area contributed by atoms with E-state index >= 15 is 0 Å². The molecule has 1 aromatic carbocycles. The number of nitrogens with zero attached hydrogens (tertiary/aromatic N) is 1. The molecule has 0 radical (unpaired) electrons. The van der Waals surface area contributed by atoms with Gasteiger partial charge in [-0.3, -0.25) is 13.5 Å². The molecule has 0 bridgehead atoms. The van der Waals surface area contributed by atoms with Crippen molar-refractivity contribution < 1.29 is 9.53 Å². The Morgan fingerprint density at radius 3 is 2.88 bits per heavy atom. The van der Waals surface area contributed by atoms with E-state index in [2.05, 4.69) is 0 Å². The van der Waals surface area contributed by atoms with Crippen LogP contribution >= 0.6 is 11.5 Å². The van der Waals surface area contributed by atoms with Crippen LogP contribution in [0.4, 0.5) is 0 Å². The van der Waals surface area contributed by atoms with Crippen LogP contribution in [0, 0.1) is 0 Å². The van der Waals surface area contributed by atoms with Gasteiger partial charge in [-0.25, -0.2) is 0 Å². The number of aromatic nitrogens is 1. The zero-order valence-corrected chi connectivity index (χ0v) is 10.3. The van der Waals surface area contributed by atoms with Crippen molar-refractivity contribution in [2.45, 2.75) is 19.9 Å². The molecular formula is C12H13NO3S. The Morgan fingerprint density at radius 1 is 1.41 bits per heavy atom. The molecule has 0 unspecified atom stereocenters. The van der Waals surface area contributed by atoms with E-state index in [4.69, 9.17) is 4.74 Å². The molecule has 2 aromatic rings. The zero-order valence-electron chi connectivity index (χ0n) is 9.51. The summed E-state index contributed by atoms with van der Waals surface area (Å²) in [6, 6.07) is 7.47. The molecule has 17 heavy (non-hydrogen) atoms. The summed E-state index contributed by atoms with van der Waals surface area (Å²) >= 11 is 1.40. The van der Waals surface area contributed by atoms with E-state index in [1.54, 1.807) is 10.9 Å². The summed E-state index contributed by atoms with van der Waals surface area (Å²) in [5.74, 6) is -0.237. The minimum Gasteiger partial charge on any atom is -0.464 e. The third kappa shape index (κ3) is 2.55. The van der Waals surface area contributed by atoms with Crippen LogP contribution in [0.2, 0.25) is 0 Å². The Morgan fingerprint density at radius 2 is 2.18 bits per heavy atom. The molecule has 0 N–H and O–H groups in total. The molecule has 0 saturated heterocycles. The number of hydrogen-bond acceptors (Lipinski definition) is 4. The molecule has 0 spiro atoms. The van der Waals surface area contributed by atoms with Gasteiger partial charge in [-0.1, -0.05) is 30.6 Å². The average Bonchev–Trinajstić information content (AvgIpc) is 2.67. The number of carbonyl (C=O) groups excluding carboxylic acids is 1. The highest BCUT2D eigenvalue weighted by Gasteiger charge is 2.06. The smallest absolute Gasteiger partial charge is 0.305 e. The Bertz CT molecular complexity index is 585. The molecule has 1 heterocycles. The van der Waals surface area contributed by atoms with Gasteiger partial charge in [-0.15, -0.1) is 0 Å². The topological polar surface area (TPSA) is 48.3 Å². The highest BCUT2D eigenvalue weighted by Crippen LogP contribution is 2.15. The van der Waals surface area contributed by atoms with E-state index in [9.17, 15) is 9.59 Å². The molecule has 0 aliphatic rings. The molecule has 1 aromatic heterocycles. The minimum atomic E-state index is -0.237. The van der Waals surface area contributed by atoms with E-state index in [0.29, 0.717) is 13.0 Å². The van der Waals surface area contributed by atoms with Crippen molar-refractivity contribution in [1.29, 1.82) is 0 Å². The lowest BCUT2D eigenvalue weighted by atomic mass is 10.3. The second-order valence-corrected chi connectivity index (χ2v) is 4.63. The van der Waals surface area contributed by atoms with E-state index in [0.717, 1.165) is 10.1 Å². The van der Waals surface area contributed by atoms with Crippen LogP contribution < -0.4 is 5.56 Å². The summed E-state index contributed by atoms with van der Waals surface area (Å²) in [4.78, 5) is 22.9. The average molecular weight is 251 g/mol. The fourth-order valence-electron chi connectivity index (χ4n) is 1.51. The second-order valence-electron chi connectivity index (χ2n) is 3.57. The Labute approximate surface area is 103 Å². The van der Waals surface area contributed by atoms with Gasteiger partial charge in [0, 0.05) is 6.42 Å². The maximum atomic E-state index is 11.9. The van der Waals surface area contributed by atoms with E-state index in [1.165, 1.54) is 11.5 Å². The van der Waals surface area contributed by atoms with Gasteiger partial charge in [0.05, 0.1) is 16.6 Å². The van der Waals surface area contributed by atoms with Crippen molar-refractivity contribution >= 4 is 27.6 Å². The molecule has 2 rings (SSSR count). The third-order valence-corrected chi connectivity index (χ3v) is 3.52. The van der Waals surface area contributed by atoms with Crippen LogP contribution in [0.1, 0.15) is 13.3 Å². The summed E-state index contributed by atoms with van der Waals surface area (Å²) in [6.07, 6.45) is 0.362. The number of benzene rings is 1. The van der Waals surface area contributed by atoms with Gasteiger partial charge < -0.3 is 4.74 Å². The molecule has 0 aliphatic carbocycles. The first-order valence-corrected chi connectivity index (χ1v) is 6.24. The standard InChI is InChI=1S/C12H13NO3S/c1-2-11(14)16-8-7-13-12(15)9-5-3-4-6-10(9)17-13/h3-6H,2,7-8H2,1H3. The van der Waals surface area contributed by atoms with Gasteiger partial charge in [0.2, 0.25) is 0 Å². The van der Waals surface area contributed by atoms with Gasteiger partial charge in [-0.05, 0) is 12.1 Å². The van der Waals surface area contributed by atoms with Gasteiger partial charge >= 0.3 is 5.97 Å². The molecular weight excluding hydrogens is 238 g/mol. The number of hydrogen-bond donors (Lipinski definition) is 0. The van der Waals surface area contributed by atoms with Crippen molar-refractivity contribution in [2.75, 3.05) is 6.61 Å². The van der Waals surface area contributed by atoms with Crippen LogP contribution in [0.5, 0.6) is 0 Å². The monoisotopic (exact) mass is 251 g/mol. The minimum absolute atomic E-state index is 0.0156. The van der Waals surface area contributed by atoms with Crippen LogP contribution in [0.3, 0.4) is 0 Å². The lowest BCUT2D eigenvalue weighted by Gasteiger charge is -2.02. The Hall–Kier alpha value is -1.62. The first-order chi connectivity index (χ1) is 8.22. The predicted octanol–water partition coefficient (Wildman–Crippen LogP) is 2.02. The van der Waals surface area contributed by atoms with Gasteiger partial charge in [0.25, 0.3) is 5.56 Å². The highest BCUT2D eigenvalue weighted by molar-refractivity contribution is 7.13. The molecule has 90 valence electrons. The van der Waals surface area contributed by atoms with Gasteiger partial charge in [0.1, 0.15) is 6.61 Å². The van der Waals surface area contributed by atoms with Crippen LogP contribution in [-0.2, 0) is 16.1 Å². The van der Waals surface area contributed by atoms with Gasteiger partial charge in [-0.2, -0.15) is 0 Å². The van der Waals surface area contributed by atoms with Crippen molar-refractivity contribution in [1.82, 2.24) is 3.96 Å². The maximum absolute atomic E-state index is 11.9. The quantitative estimate of drug-likeness (QED) is 0.781. The fourth-order valence-corrected chi connectivity index (χ4v) is 2.49. The first-order valence-electron chi connectivity index (χ1n) is 5.47.